The van der Waals surface area contributed by atoms with E-state index in [1.165, 1.54) is 7.14 Å². The molecule has 17 heavy (non-hydrogen) atoms. The van der Waals surface area contributed by atoms with Crippen LogP contribution in [0.1, 0.15) is 0 Å². The molecule has 2 rings (SSSR count). The van der Waals surface area contributed by atoms with Gasteiger partial charge in [0.25, 0.3) is 0 Å². The largest absolute Gasteiger partial charge is 0.455 e. The third-order valence-corrected chi connectivity index (χ3v) is 4.92. The molecular weight excluding hydrogens is 668 g/mol. The van der Waals surface area contributed by atoms with Crippen LogP contribution in [0.4, 0.5) is 0 Å². The van der Waals surface area contributed by atoms with Crippen LogP contribution >= 0.6 is 90.4 Å². The van der Waals surface area contributed by atoms with Crippen molar-refractivity contribution in [1.29, 1.82) is 0 Å². The Hall–Kier alpha value is 1.16. The molecule has 0 saturated heterocycles. The van der Waals surface area contributed by atoms with Gasteiger partial charge in [0, 0.05) is 7.14 Å². The molecule has 0 saturated carbocycles. The Labute approximate surface area is 155 Å². The highest BCUT2D eigenvalue weighted by molar-refractivity contribution is 14.1. The highest BCUT2D eigenvalue weighted by Gasteiger charge is 2.08. The lowest BCUT2D eigenvalue weighted by Gasteiger charge is -2.10. The summed E-state index contributed by atoms with van der Waals surface area (Å²) in [7, 11) is 0. The summed E-state index contributed by atoms with van der Waals surface area (Å²) >= 11 is 9.20. The van der Waals surface area contributed by atoms with Crippen molar-refractivity contribution in [3.8, 4) is 11.5 Å². The van der Waals surface area contributed by atoms with Gasteiger partial charge in [0.2, 0.25) is 0 Å². The number of hydrogen-bond acceptors (Lipinski definition) is 1. The summed E-state index contributed by atoms with van der Waals surface area (Å²) in [6.07, 6.45) is 0. The van der Waals surface area contributed by atoms with Crippen molar-refractivity contribution in [3.63, 3.8) is 0 Å². The van der Waals surface area contributed by atoms with Crippen LogP contribution in [0.5, 0.6) is 11.5 Å². The number of halogens is 4. The summed E-state index contributed by atoms with van der Waals surface area (Å²) in [5.41, 5.74) is 0. The van der Waals surface area contributed by atoms with Crippen molar-refractivity contribution in [3.05, 3.63) is 50.7 Å². The summed E-state index contributed by atoms with van der Waals surface area (Å²) < 4.78 is 10.6. The summed E-state index contributed by atoms with van der Waals surface area (Å²) in [5, 5.41) is 0. The van der Waals surface area contributed by atoms with Gasteiger partial charge in [0.1, 0.15) is 5.75 Å². The van der Waals surface area contributed by atoms with Crippen LogP contribution in [-0.2, 0) is 0 Å². The molecule has 0 fully saturated rings. The molecule has 0 aromatic heterocycles. The van der Waals surface area contributed by atoms with Crippen molar-refractivity contribution >= 4 is 90.4 Å². The first-order valence-corrected chi connectivity index (χ1v) is 8.96. The second-order valence-corrected chi connectivity index (χ2v) is 8.07. The van der Waals surface area contributed by atoms with Crippen LogP contribution in [0.2, 0.25) is 0 Å². The minimum atomic E-state index is 0.892. The van der Waals surface area contributed by atoms with E-state index in [4.69, 9.17) is 4.74 Å². The van der Waals surface area contributed by atoms with Gasteiger partial charge in [0.05, 0.1) is 7.14 Å². The quantitative estimate of drug-likeness (QED) is 0.361. The second kappa shape index (κ2) is 6.55. The average Bonchev–Trinajstić information content (AvgIpc) is 2.22. The Bertz CT molecular complexity index is 514. The summed E-state index contributed by atoms with van der Waals surface area (Å²) in [6.45, 7) is 0. The van der Waals surface area contributed by atoms with Crippen molar-refractivity contribution in [1.82, 2.24) is 0 Å². The fourth-order valence-electron chi connectivity index (χ4n) is 1.29. The molecule has 2 aromatic rings. The Balaban J connectivity index is 2.38. The molecule has 0 unspecified atom stereocenters. The molecule has 0 radical (unpaired) electrons. The zero-order chi connectivity index (χ0) is 12.4. The van der Waals surface area contributed by atoms with E-state index in [-0.39, 0.29) is 0 Å². The van der Waals surface area contributed by atoms with Crippen molar-refractivity contribution < 1.29 is 4.74 Å². The Morgan fingerprint density at radius 3 is 1.82 bits per heavy atom. The fraction of sp³-hybridized carbons (Fsp3) is 0. The first-order chi connectivity index (χ1) is 8.06. The Morgan fingerprint density at radius 1 is 0.765 bits per heavy atom. The van der Waals surface area contributed by atoms with Crippen LogP contribution in [0.15, 0.2) is 36.4 Å². The third kappa shape index (κ3) is 4.06. The maximum absolute atomic E-state index is 5.98. The van der Waals surface area contributed by atoms with Gasteiger partial charge in [-0.25, -0.2) is 0 Å². The van der Waals surface area contributed by atoms with E-state index in [1.807, 2.05) is 18.2 Å². The van der Waals surface area contributed by atoms with Crippen LogP contribution in [0.3, 0.4) is 0 Å². The van der Waals surface area contributed by atoms with Crippen LogP contribution in [0, 0.1) is 14.3 Å². The second-order valence-electron chi connectivity index (χ2n) is 3.26. The molecule has 2 aromatic carbocycles. The third-order valence-electron chi connectivity index (χ3n) is 1.97. The van der Waals surface area contributed by atoms with Gasteiger partial charge in [-0.2, -0.15) is 0 Å². The Morgan fingerprint density at radius 2 is 1.29 bits per heavy atom. The maximum atomic E-state index is 5.98. The molecule has 0 amide bonds. The minimum absolute atomic E-state index is 0.892. The van der Waals surface area contributed by atoms with Crippen LogP contribution < -0.4 is 4.74 Å². The van der Waals surface area contributed by atoms with Crippen molar-refractivity contribution in [2.75, 3.05) is 0 Å². The molecule has 0 aliphatic carbocycles. The first-order valence-electron chi connectivity index (χ1n) is 4.64. The van der Waals surface area contributed by atoms with Crippen LogP contribution in [0.25, 0.3) is 0 Å². The smallest absolute Gasteiger partial charge is 0.154 e. The molecule has 0 aliphatic heterocycles. The topological polar surface area (TPSA) is 9.23 Å². The number of ether oxygens (including phenoxy) is 1. The predicted octanol–water partition coefficient (Wildman–Crippen LogP) is 5.90. The molecular formula is C12H6I4O. The van der Waals surface area contributed by atoms with Gasteiger partial charge in [-0.1, -0.05) is 6.07 Å². The number of hydrogen-bond donors (Lipinski definition) is 0. The molecule has 1 nitrogen and oxygen atoms in total. The zero-order valence-electron chi connectivity index (χ0n) is 8.38. The van der Waals surface area contributed by atoms with Crippen molar-refractivity contribution in [2.24, 2.45) is 0 Å². The molecule has 0 heterocycles. The summed E-state index contributed by atoms with van der Waals surface area (Å²) in [6, 6.07) is 12.3. The molecule has 0 spiro atoms. The molecule has 0 N–H and O–H groups in total. The van der Waals surface area contributed by atoms with E-state index in [0.717, 1.165) is 18.6 Å². The monoisotopic (exact) mass is 674 g/mol. The number of para-hydroxylation sites is 1. The van der Waals surface area contributed by atoms with Crippen molar-refractivity contribution in [2.45, 2.75) is 0 Å². The SMILES string of the molecule is Ic1cc(I)cc(Oc2c(I)cccc2I)c1. The van der Waals surface area contributed by atoms with Gasteiger partial charge < -0.3 is 4.74 Å². The van der Waals surface area contributed by atoms with E-state index < -0.39 is 0 Å². The van der Waals surface area contributed by atoms with E-state index >= 15 is 0 Å². The first kappa shape index (κ1) is 14.6. The van der Waals surface area contributed by atoms with E-state index in [0.29, 0.717) is 0 Å². The summed E-state index contributed by atoms with van der Waals surface area (Å²) in [4.78, 5) is 0. The van der Waals surface area contributed by atoms with E-state index in [9.17, 15) is 0 Å². The maximum Gasteiger partial charge on any atom is 0.154 e. The number of benzene rings is 2. The van der Waals surface area contributed by atoms with Crippen LogP contribution in [-0.4, -0.2) is 0 Å². The zero-order valence-corrected chi connectivity index (χ0v) is 17.0. The molecule has 0 atom stereocenters. The van der Waals surface area contributed by atoms with Gasteiger partial charge in [-0.05, 0) is 121 Å². The minimum Gasteiger partial charge on any atom is -0.455 e. The predicted molar refractivity (Wildman–Crippen MR) is 104 cm³/mol. The van der Waals surface area contributed by atoms with E-state index in [1.54, 1.807) is 0 Å². The highest BCUT2D eigenvalue weighted by atomic mass is 127. The highest BCUT2D eigenvalue weighted by Crippen LogP contribution is 2.32. The lowest BCUT2D eigenvalue weighted by Crippen LogP contribution is -1.91. The Kier molecular flexibility index (Phi) is 5.61. The fourth-order valence-corrected chi connectivity index (χ4v) is 4.90. The molecule has 88 valence electrons. The molecule has 0 bridgehead atoms. The standard InChI is InChI=1S/C12H6I4O/c13-7-4-8(14)6-9(5-7)17-12-10(15)2-1-3-11(12)16/h1-6H. The molecule has 0 aliphatic rings. The van der Waals surface area contributed by atoms with Gasteiger partial charge >= 0.3 is 0 Å². The normalized spacial score (nSPS) is 10.4. The van der Waals surface area contributed by atoms with Gasteiger partial charge in [-0.3, -0.25) is 0 Å². The van der Waals surface area contributed by atoms with Gasteiger partial charge in [0.15, 0.2) is 5.75 Å². The van der Waals surface area contributed by atoms with Gasteiger partial charge in [-0.15, -0.1) is 0 Å². The summed E-state index contributed by atoms with van der Waals surface area (Å²) in [5.74, 6) is 1.83. The average molecular weight is 674 g/mol. The number of rotatable bonds is 2. The molecule has 5 heteroatoms. The van der Waals surface area contributed by atoms with E-state index in [2.05, 4.69) is 109 Å². The lowest BCUT2D eigenvalue weighted by atomic mass is 10.3. The lowest BCUT2D eigenvalue weighted by molar-refractivity contribution is 0.475.